The van der Waals surface area contributed by atoms with Gasteiger partial charge in [-0.25, -0.2) is 4.79 Å². The molecular weight excluding hydrogens is 284 g/mol. The minimum absolute atomic E-state index is 0.0273. The molecule has 0 aromatic heterocycles. The standard InChI is InChI=1S/C9H7F6NO3/c1-16(5-9(13,14)15)6(17)7(18)19-4-2-3-8(10,11)12/h4-5H2,1H3. The number of alkyl halides is 6. The van der Waals surface area contributed by atoms with Gasteiger partial charge < -0.3 is 9.64 Å². The highest BCUT2D eigenvalue weighted by Gasteiger charge is 2.33. The molecule has 0 atom stereocenters. The lowest BCUT2D eigenvalue weighted by Gasteiger charge is -2.17. The van der Waals surface area contributed by atoms with E-state index in [1.165, 1.54) is 5.92 Å². The fourth-order valence-corrected chi connectivity index (χ4v) is 0.796. The van der Waals surface area contributed by atoms with Crippen molar-refractivity contribution in [3.05, 3.63) is 0 Å². The summed E-state index contributed by atoms with van der Waals surface area (Å²) in [6, 6.07) is 0. The van der Waals surface area contributed by atoms with Crippen LogP contribution in [0.25, 0.3) is 0 Å². The maximum atomic E-state index is 11.9. The average Bonchev–Trinajstić information content (AvgIpc) is 2.19. The van der Waals surface area contributed by atoms with E-state index in [0.29, 0.717) is 7.05 Å². The van der Waals surface area contributed by atoms with Crippen molar-refractivity contribution >= 4 is 11.9 Å². The van der Waals surface area contributed by atoms with Gasteiger partial charge in [0.25, 0.3) is 0 Å². The third kappa shape index (κ3) is 8.76. The van der Waals surface area contributed by atoms with Crippen molar-refractivity contribution in [3.63, 3.8) is 0 Å². The zero-order chi connectivity index (χ0) is 15.3. The van der Waals surface area contributed by atoms with Crippen molar-refractivity contribution < 1.29 is 40.7 Å². The zero-order valence-electron chi connectivity index (χ0n) is 9.35. The molecule has 0 saturated heterocycles. The van der Waals surface area contributed by atoms with E-state index in [1.54, 1.807) is 0 Å². The van der Waals surface area contributed by atoms with Gasteiger partial charge >= 0.3 is 24.2 Å². The van der Waals surface area contributed by atoms with Gasteiger partial charge in [-0.1, -0.05) is 5.92 Å². The van der Waals surface area contributed by atoms with Crippen LogP contribution in [0.2, 0.25) is 0 Å². The normalized spacial score (nSPS) is 11.3. The van der Waals surface area contributed by atoms with E-state index < -0.39 is 37.4 Å². The monoisotopic (exact) mass is 291 g/mol. The van der Waals surface area contributed by atoms with Crippen LogP contribution in [0, 0.1) is 11.8 Å². The van der Waals surface area contributed by atoms with Crippen LogP contribution < -0.4 is 0 Å². The second kappa shape index (κ2) is 6.31. The molecule has 0 N–H and O–H groups in total. The lowest BCUT2D eigenvalue weighted by Crippen LogP contribution is -2.40. The van der Waals surface area contributed by atoms with Gasteiger partial charge in [0.2, 0.25) is 0 Å². The predicted octanol–water partition coefficient (Wildman–Crippen LogP) is 1.12. The summed E-state index contributed by atoms with van der Waals surface area (Å²) in [5, 5.41) is 0. The second-order valence-electron chi connectivity index (χ2n) is 3.15. The van der Waals surface area contributed by atoms with Crippen LogP contribution in [0.4, 0.5) is 26.3 Å². The quantitative estimate of drug-likeness (QED) is 0.331. The number of carbonyl (C=O) groups is 2. The molecule has 0 bridgehead atoms. The fourth-order valence-electron chi connectivity index (χ4n) is 0.796. The SMILES string of the molecule is CN(CC(F)(F)F)C(=O)C(=O)OCC#CC(F)(F)F. The van der Waals surface area contributed by atoms with Crippen LogP contribution in [-0.2, 0) is 14.3 Å². The Labute approximate surface area is 103 Å². The maximum Gasteiger partial charge on any atom is 0.457 e. The van der Waals surface area contributed by atoms with Crippen molar-refractivity contribution in [3.8, 4) is 11.8 Å². The highest BCUT2D eigenvalue weighted by molar-refractivity contribution is 6.32. The Morgan fingerprint density at radius 3 is 2.11 bits per heavy atom. The number of hydrogen-bond donors (Lipinski definition) is 0. The Bertz CT molecular complexity index is 403. The molecule has 0 aliphatic rings. The van der Waals surface area contributed by atoms with Crippen LogP contribution in [0.3, 0.4) is 0 Å². The highest BCUT2D eigenvalue weighted by Crippen LogP contribution is 2.15. The minimum atomic E-state index is -4.79. The van der Waals surface area contributed by atoms with E-state index in [9.17, 15) is 35.9 Å². The van der Waals surface area contributed by atoms with Crippen LogP contribution in [0.15, 0.2) is 0 Å². The number of rotatable bonds is 2. The van der Waals surface area contributed by atoms with Gasteiger partial charge in [0.05, 0.1) is 0 Å². The molecule has 0 unspecified atom stereocenters. The molecule has 0 fully saturated rings. The maximum absolute atomic E-state index is 11.9. The molecule has 0 aliphatic heterocycles. The topological polar surface area (TPSA) is 46.6 Å². The van der Waals surface area contributed by atoms with Crippen molar-refractivity contribution in [2.24, 2.45) is 0 Å². The number of amides is 1. The van der Waals surface area contributed by atoms with Crippen molar-refractivity contribution in [1.29, 1.82) is 0 Å². The minimum Gasteiger partial charge on any atom is -0.445 e. The first kappa shape index (κ1) is 17.1. The smallest absolute Gasteiger partial charge is 0.445 e. The van der Waals surface area contributed by atoms with Gasteiger partial charge in [-0.3, -0.25) is 4.79 Å². The van der Waals surface area contributed by atoms with Gasteiger partial charge in [0.15, 0.2) is 6.61 Å². The molecule has 0 radical (unpaired) electrons. The van der Waals surface area contributed by atoms with Gasteiger partial charge in [0.1, 0.15) is 6.54 Å². The van der Waals surface area contributed by atoms with Crippen LogP contribution in [-0.4, -0.2) is 49.3 Å². The molecular formula is C9H7F6NO3. The van der Waals surface area contributed by atoms with Crippen LogP contribution >= 0.6 is 0 Å². The van der Waals surface area contributed by atoms with E-state index in [2.05, 4.69) is 4.74 Å². The molecule has 0 heterocycles. The summed E-state index contributed by atoms with van der Waals surface area (Å²) in [4.78, 5) is 21.9. The molecule has 10 heteroatoms. The third-order valence-corrected chi connectivity index (χ3v) is 1.44. The number of hydrogen-bond acceptors (Lipinski definition) is 3. The largest absolute Gasteiger partial charge is 0.457 e. The van der Waals surface area contributed by atoms with Crippen molar-refractivity contribution in [2.75, 3.05) is 20.2 Å². The number of carbonyl (C=O) groups excluding carboxylic acids is 2. The summed E-state index contributed by atoms with van der Waals surface area (Å²) in [6.45, 7) is -2.74. The van der Waals surface area contributed by atoms with E-state index in [4.69, 9.17) is 0 Å². The lowest BCUT2D eigenvalue weighted by molar-refractivity contribution is -0.169. The first-order valence-electron chi connectivity index (χ1n) is 4.48. The number of likely N-dealkylation sites (N-methyl/N-ethyl adjacent to an activating group) is 1. The summed E-state index contributed by atoms with van der Waals surface area (Å²) < 4.78 is 74.2. The molecule has 0 aromatic carbocycles. The average molecular weight is 291 g/mol. The Hall–Kier alpha value is -1.92. The highest BCUT2D eigenvalue weighted by atomic mass is 19.4. The summed E-state index contributed by atoms with van der Waals surface area (Å²) in [5.41, 5.74) is 0. The van der Waals surface area contributed by atoms with Crippen LogP contribution in [0.5, 0.6) is 0 Å². The zero-order valence-corrected chi connectivity index (χ0v) is 9.35. The van der Waals surface area contributed by atoms with Crippen molar-refractivity contribution in [1.82, 2.24) is 4.90 Å². The van der Waals surface area contributed by atoms with E-state index in [0.717, 1.165) is 5.92 Å². The Morgan fingerprint density at radius 1 is 1.16 bits per heavy atom. The van der Waals surface area contributed by atoms with Crippen LogP contribution in [0.1, 0.15) is 0 Å². The first-order valence-corrected chi connectivity index (χ1v) is 4.48. The lowest BCUT2D eigenvalue weighted by atomic mass is 10.5. The number of nitrogens with zero attached hydrogens (tertiary/aromatic N) is 1. The fraction of sp³-hybridized carbons (Fsp3) is 0.556. The summed E-state index contributed by atoms with van der Waals surface area (Å²) in [7, 11) is 0.693. The number of halogens is 6. The molecule has 0 rings (SSSR count). The Balaban J connectivity index is 4.28. The summed E-state index contributed by atoms with van der Waals surface area (Å²) in [5.74, 6) is -1.21. The van der Waals surface area contributed by atoms with Gasteiger partial charge in [-0.15, -0.1) is 0 Å². The third-order valence-electron chi connectivity index (χ3n) is 1.44. The molecule has 4 nitrogen and oxygen atoms in total. The molecule has 108 valence electrons. The van der Waals surface area contributed by atoms with E-state index >= 15 is 0 Å². The molecule has 19 heavy (non-hydrogen) atoms. The summed E-state index contributed by atoms with van der Waals surface area (Å²) in [6.07, 6.45) is -9.50. The number of ether oxygens (including phenoxy) is 1. The predicted molar refractivity (Wildman–Crippen MR) is 48.5 cm³/mol. The molecule has 0 saturated carbocycles. The van der Waals surface area contributed by atoms with Gasteiger partial charge in [0, 0.05) is 13.0 Å². The Morgan fingerprint density at radius 2 is 1.68 bits per heavy atom. The molecule has 0 aromatic rings. The van der Waals surface area contributed by atoms with Crippen molar-refractivity contribution in [2.45, 2.75) is 12.4 Å². The summed E-state index contributed by atoms with van der Waals surface area (Å²) >= 11 is 0. The van der Waals surface area contributed by atoms with E-state index in [-0.39, 0.29) is 4.90 Å². The molecule has 1 amide bonds. The van der Waals surface area contributed by atoms with E-state index in [1.807, 2.05) is 0 Å². The molecule has 0 aliphatic carbocycles. The molecule has 0 spiro atoms. The van der Waals surface area contributed by atoms with Gasteiger partial charge in [-0.05, 0) is 0 Å². The Kier molecular flexibility index (Phi) is 5.67. The first-order chi connectivity index (χ1) is 8.42. The number of esters is 1. The van der Waals surface area contributed by atoms with Gasteiger partial charge in [-0.2, -0.15) is 26.3 Å². The second-order valence-corrected chi connectivity index (χ2v) is 3.15.